The summed E-state index contributed by atoms with van der Waals surface area (Å²) in [6.45, 7) is 2.11. The average molecular weight is 256 g/mol. The van der Waals surface area contributed by atoms with Crippen molar-refractivity contribution in [3.63, 3.8) is 0 Å². The minimum atomic E-state index is -0.212. The van der Waals surface area contributed by atoms with Crippen molar-refractivity contribution in [2.75, 3.05) is 13.1 Å². The molecule has 1 fully saturated rings. The fourth-order valence-corrected chi connectivity index (χ4v) is 2.56. The Morgan fingerprint density at radius 3 is 2.68 bits per heavy atom. The Labute approximate surface area is 112 Å². The predicted molar refractivity (Wildman–Crippen MR) is 74.5 cm³/mol. The highest BCUT2D eigenvalue weighted by molar-refractivity contribution is 5.59. The second-order valence-electron chi connectivity index (χ2n) is 5.00. The second kappa shape index (κ2) is 5.49. The van der Waals surface area contributed by atoms with Crippen molar-refractivity contribution in [1.82, 2.24) is 10.3 Å². The van der Waals surface area contributed by atoms with Gasteiger partial charge in [0.05, 0.1) is 5.69 Å². The lowest BCUT2D eigenvalue weighted by molar-refractivity contribution is 0.455. The highest BCUT2D eigenvalue weighted by atomic mass is 19.1. The summed E-state index contributed by atoms with van der Waals surface area (Å²) in [5, 5.41) is 3.41. The molecule has 1 saturated heterocycles. The zero-order valence-electron chi connectivity index (χ0n) is 10.8. The molecule has 98 valence electrons. The highest BCUT2D eigenvalue weighted by Crippen LogP contribution is 2.24. The number of nitrogens with one attached hydrogen (secondary N) is 1. The van der Waals surface area contributed by atoms with Gasteiger partial charge >= 0.3 is 0 Å². The molecule has 1 unspecified atom stereocenters. The molecule has 2 aromatic rings. The lowest BCUT2D eigenvalue weighted by Crippen LogP contribution is -2.28. The van der Waals surface area contributed by atoms with Crippen LogP contribution in [-0.2, 0) is 0 Å². The van der Waals surface area contributed by atoms with E-state index in [1.807, 2.05) is 12.1 Å². The first-order chi connectivity index (χ1) is 9.33. The molecular weight excluding hydrogens is 239 g/mol. The minimum Gasteiger partial charge on any atom is -0.316 e. The monoisotopic (exact) mass is 256 g/mol. The van der Waals surface area contributed by atoms with E-state index >= 15 is 0 Å². The van der Waals surface area contributed by atoms with Crippen molar-refractivity contribution >= 4 is 0 Å². The Hall–Kier alpha value is -1.74. The van der Waals surface area contributed by atoms with Gasteiger partial charge in [-0.1, -0.05) is 6.07 Å². The van der Waals surface area contributed by atoms with Crippen LogP contribution in [-0.4, -0.2) is 18.1 Å². The quantitative estimate of drug-likeness (QED) is 0.891. The van der Waals surface area contributed by atoms with Crippen LogP contribution in [0.25, 0.3) is 11.3 Å². The third-order valence-electron chi connectivity index (χ3n) is 3.63. The molecule has 0 spiro atoms. The number of benzene rings is 1. The van der Waals surface area contributed by atoms with Crippen LogP contribution in [0.15, 0.2) is 42.5 Å². The van der Waals surface area contributed by atoms with Gasteiger partial charge in [0.2, 0.25) is 0 Å². The van der Waals surface area contributed by atoms with Crippen molar-refractivity contribution < 1.29 is 4.39 Å². The zero-order chi connectivity index (χ0) is 13.1. The number of nitrogens with zero attached hydrogens (tertiary/aromatic N) is 1. The van der Waals surface area contributed by atoms with Crippen LogP contribution in [0.5, 0.6) is 0 Å². The summed E-state index contributed by atoms with van der Waals surface area (Å²) >= 11 is 0. The van der Waals surface area contributed by atoms with Crippen LogP contribution in [0, 0.1) is 5.82 Å². The molecule has 0 bridgehead atoms. The summed E-state index contributed by atoms with van der Waals surface area (Å²) in [5.74, 6) is 0.283. The van der Waals surface area contributed by atoms with Crippen LogP contribution in [0.3, 0.4) is 0 Å². The molecule has 0 radical (unpaired) electrons. The predicted octanol–water partition coefficient (Wildman–Crippen LogP) is 3.35. The number of aromatic nitrogens is 1. The van der Waals surface area contributed by atoms with Crippen LogP contribution >= 0.6 is 0 Å². The van der Waals surface area contributed by atoms with E-state index in [4.69, 9.17) is 4.98 Å². The van der Waals surface area contributed by atoms with E-state index in [1.54, 1.807) is 12.1 Å². The molecule has 19 heavy (non-hydrogen) atoms. The Bertz CT molecular complexity index is 545. The summed E-state index contributed by atoms with van der Waals surface area (Å²) in [4.78, 5) is 4.73. The van der Waals surface area contributed by atoms with Crippen LogP contribution in [0.2, 0.25) is 0 Å². The van der Waals surface area contributed by atoms with E-state index < -0.39 is 0 Å². The van der Waals surface area contributed by atoms with Crippen molar-refractivity contribution in [3.8, 4) is 11.3 Å². The van der Waals surface area contributed by atoms with E-state index in [9.17, 15) is 4.39 Å². The van der Waals surface area contributed by atoms with Gasteiger partial charge < -0.3 is 5.32 Å². The van der Waals surface area contributed by atoms with Crippen LogP contribution in [0.1, 0.15) is 24.5 Å². The van der Waals surface area contributed by atoms with Gasteiger partial charge in [0.15, 0.2) is 0 Å². The summed E-state index contributed by atoms with van der Waals surface area (Å²) < 4.78 is 12.9. The summed E-state index contributed by atoms with van der Waals surface area (Å²) in [7, 11) is 0. The van der Waals surface area contributed by atoms with Crippen molar-refractivity contribution in [1.29, 1.82) is 0 Å². The fourth-order valence-electron chi connectivity index (χ4n) is 2.56. The Morgan fingerprint density at radius 1 is 1.11 bits per heavy atom. The lowest BCUT2D eigenvalue weighted by Gasteiger charge is -2.22. The van der Waals surface area contributed by atoms with Crippen molar-refractivity contribution in [3.05, 3.63) is 54.0 Å². The smallest absolute Gasteiger partial charge is 0.123 e. The summed E-state index contributed by atoms with van der Waals surface area (Å²) in [5.41, 5.74) is 3.02. The minimum absolute atomic E-state index is 0.212. The Balaban J connectivity index is 1.88. The molecule has 0 aliphatic carbocycles. The zero-order valence-corrected chi connectivity index (χ0v) is 10.8. The van der Waals surface area contributed by atoms with Crippen molar-refractivity contribution in [2.24, 2.45) is 0 Å². The molecule has 3 heteroatoms. The first-order valence-corrected chi connectivity index (χ1v) is 6.76. The maximum absolute atomic E-state index is 12.9. The maximum Gasteiger partial charge on any atom is 0.123 e. The number of halogens is 1. The molecule has 2 heterocycles. The summed E-state index contributed by atoms with van der Waals surface area (Å²) in [6.07, 6.45) is 2.39. The van der Waals surface area contributed by atoms with E-state index in [-0.39, 0.29) is 5.82 Å². The van der Waals surface area contributed by atoms with E-state index in [1.165, 1.54) is 25.0 Å². The van der Waals surface area contributed by atoms with E-state index in [0.29, 0.717) is 5.92 Å². The fraction of sp³-hybridized carbons (Fsp3) is 0.312. The van der Waals surface area contributed by atoms with Crippen molar-refractivity contribution in [2.45, 2.75) is 18.8 Å². The topological polar surface area (TPSA) is 24.9 Å². The first kappa shape index (κ1) is 12.3. The number of rotatable bonds is 2. The molecule has 1 aromatic carbocycles. The SMILES string of the molecule is Fc1ccc(-c2cccc(C3CCCNC3)n2)cc1. The first-order valence-electron chi connectivity index (χ1n) is 6.76. The van der Waals surface area contributed by atoms with Crippen LogP contribution in [0.4, 0.5) is 4.39 Å². The second-order valence-corrected chi connectivity index (χ2v) is 5.00. The molecule has 2 nitrogen and oxygen atoms in total. The number of pyridine rings is 1. The normalized spacial score (nSPS) is 19.3. The van der Waals surface area contributed by atoms with Gasteiger partial charge in [0.25, 0.3) is 0 Å². The highest BCUT2D eigenvalue weighted by Gasteiger charge is 2.16. The van der Waals surface area contributed by atoms with E-state index in [0.717, 1.165) is 30.0 Å². The maximum atomic E-state index is 12.9. The van der Waals surface area contributed by atoms with E-state index in [2.05, 4.69) is 11.4 Å². The van der Waals surface area contributed by atoms with Gasteiger partial charge in [-0.05, 0) is 55.8 Å². The van der Waals surface area contributed by atoms with Gasteiger partial charge in [-0.3, -0.25) is 4.98 Å². The number of hydrogen-bond acceptors (Lipinski definition) is 2. The van der Waals surface area contributed by atoms with Gasteiger partial charge in [0.1, 0.15) is 5.82 Å². The molecule has 0 saturated carbocycles. The van der Waals surface area contributed by atoms with Gasteiger partial charge in [-0.2, -0.15) is 0 Å². The third kappa shape index (κ3) is 2.82. The van der Waals surface area contributed by atoms with Gasteiger partial charge in [0, 0.05) is 23.7 Å². The standard InChI is InChI=1S/C16H17FN2/c17-14-8-6-12(7-9-14)15-4-1-5-16(19-15)13-3-2-10-18-11-13/h1,4-9,13,18H,2-3,10-11H2. The average Bonchev–Trinajstić information content (AvgIpc) is 2.49. The Kier molecular flexibility index (Phi) is 3.56. The van der Waals surface area contributed by atoms with Gasteiger partial charge in [-0.25, -0.2) is 4.39 Å². The molecule has 1 aliphatic rings. The lowest BCUT2D eigenvalue weighted by atomic mass is 9.95. The number of hydrogen-bond donors (Lipinski definition) is 1. The molecule has 0 amide bonds. The molecular formula is C16H17FN2. The molecule has 1 N–H and O–H groups in total. The molecule has 1 aliphatic heterocycles. The van der Waals surface area contributed by atoms with Gasteiger partial charge in [-0.15, -0.1) is 0 Å². The molecule has 1 aromatic heterocycles. The third-order valence-corrected chi connectivity index (χ3v) is 3.63. The summed E-state index contributed by atoms with van der Waals surface area (Å²) in [6, 6.07) is 12.6. The molecule has 1 atom stereocenters. The Morgan fingerprint density at radius 2 is 1.95 bits per heavy atom. The largest absolute Gasteiger partial charge is 0.316 e. The number of piperidine rings is 1. The van der Waals surface area contributed by atoms with Crippen LogP contribution < -0.4 is 5.32 Å². The molecule has 3 rings (SSSR count).